The highest BCUT2D eigenvalue weighted by atomic mass is 32.2. The number of esters is 1. The number of ether oxygens (including phenoxy) is 1. The zero-order chi connectivity index (χ0) is 22.5. The molecule has 3 heterocycles. The molecule has 12 heteroatoms. The number of thioether (sulfide) groups is 1. The van der Waals surface area contributed by atoms with Crippen LogP contribution in [0.15, 0.2) is 22.6 Å². The number of hydrogen-bond donors (Lipinski definition) is 2. The van der Waals surface area contributed by atoms with Crippen LogP contribution in [-0.2, 0) is 24.0 Å². The lowest BCUT2D eigenvalue weighted by Gasteiger charge is -2.50. The van der Waals surface area contributed by atoms with Crippen LogP contribution in [0.3, 0.4) is 0 Å². The van der Waals surface area contributed by atoms with Gasteiger partial charge in [-0.1, -0.05) is 23.4 Å². The zero-order valence-electron chi connectivity index (χ0n) is 17.8. The molecule has 1 aromatic heterocycles. The van der Waals surface area contributed by atoms with Gasteiger partial charge in [0, 0.05) is 31.1 Å². The first-order valence-corrected chi connectivity index (χ1v) is 11.6. The molecule has 2 aliphatic rings. The second-order valence-corrected chi connectivity index (χ2v) is 9.04. The Bertz CT molecular complexity index is 929. The number of thiazole rings is 1. The normalized spacial score (nSPS) is 20.7. The van der Waals surface area contributed by atoms with E-state index in [0.29, 0.717) is 15.8 Å². The van der Waals surface area contributed by atoms with Gasteiger partial charge in [0.15, 0.2) is 10.8 Å². The Morgan fingerprint density at radius 2 is 2.19 bits per heavy atom. The molecule has 2 atom stereocenters. The molecular weight excluding hydrogens is 442 g/mol. The number of nitrogens with one attached hydrogen (secondary N) is 2. The van der Waals surface area contributed by atoms with Gasteiger partial charge in [-0.15, -0.1) is 11.8 Å². The summed E-state index contributed by atoms with van der Waals surface area (Å²) < 4.78 is 5.06. The van der Waals surface area contributed by atoms with Crippen LogP contribution < -0.4 is 10.6 Å². The van der Waals surface area contributed by atoms with Gasteiger partial charge in [-0.2, -0.15) is 0 Å². The van der Waals surface area contributed by atoms with E-state index >= 15 is 0 Å². The number of anilines is 1. The summed E-state index contributed by atoms with van der Waals surface area (Å²) in [6.07, 6.45) is 2.50. The first kappa shape index (κ1) is 23.1. The van der Waals surface area contributed by atoms with Crippen LogP contribution in [0.5, 0.6) is 0 Å². The SMILES string of the molecule is CCCNc1ncc(/C(=N/OC)C(=O)NC2C(=O)N3C(C)=C(COC(C)=O)CSC23)s1. The van der Waals surface area contributed by atoms with Crippen molar-refractivity contribution in [3.8, 4) is 0 Å². The van der Waals surface area contributed by atoms with Crippen molar-refractivity contribution in [2.24, 2.45) is 5.16 Å². The Morgan fingerprint density at radius 1 is 1.42 bits per heavy atom. The fourth-order valence-electron chi connectivity index (χ4n) is 3.12. The van der Waals surface area contributed by atoms with Gasteiger partial charge in [0.2, 0.25) is 0 Å². The molecule has 0 aliphatic carbocycles. The summed E-state index contributed by atoms with van der Waals surface area (Å²) in [4.78, 5) is 48.0. The minimum atomic E-state index is -0.671. The molecule has 1 fully saturated rings. The summed E-state index contributed by atoms with van der Waals surface area (Å²) in [6, 6.07) is -0.671. The lowest BCUT2D eigenvalue weighted by molar-refractivity contribution is -0.145. The Morgan fingerprint density at radius 3 is 2.87 bits per heavy atom. The Balaban J connectivity index is 1.68. The number of oxime groups is 1. The molecule has 0 bridgehead atoms. The number of carbonyl (C=O) groups is 3. The number of β-lactam (4-membered cyclic amide) rings is 1. The van der Waals surface area contributed by atoms with Crippen molar-refractivity contribution in [3.63, 3.8) is 0 Å². The van der Waals surface area contributed by atoms with Gasteiger partial charge in [0.25, 0.3) is 11.8 Å². The van der Waals surface area contributed by atoms with Crippen LogP contribution >= 0.6 is 23.1 Å². The molecule has 0 aromatic carbocycles. The van der Waals surface area contributed by atoms with E-state index in [9.17, 15) is 14.4 Å². The van der Waals surface area contributed by atoms with E-state index in [4.69, 9.17) is 9.57 Å². The van der Waals surface area contributed by atoms with E-state index in [0.717, 1.165) is 24.2 Å². The second kappa shape index (κ2) is 10.1. The Kier molecular flexibility index (Phi) is 7.55. The maximum absolute atomic E-state index is 12.9. The van der Waals surface area contributed by atoms with Crippen molar-refractivity contribution in [2.75, 3.05) is 31.3 Å². The molecule has 2 unspecified atom stereocenters. The van der Waals surface area contributed by atoms with Gasteiger partial charge in [0.05, 0.1) is 4.88 Å². The van der Waals surface area contributed by atoms with Crippen molar-refractivity contribution in [3.05, 3.63) is 22.3 Å². The summed E-state index contributed by atoms with van der Waals surface area (Å²) in [6.45, 7) is 6.15. The number of nitrogens with zero attached hydrogens (tertiary/aromatic N) is 3. The van der Waals surface area contributed by atoms with E-state index in [1.165, 1.54) is 37.1 Å². The average Bonchev–Trinajstić information content (AvgIpc) is 3.21. The molecule has 1 saturated heterocycles. The van der Waals surface area contributed by atoms with Crippen molar-refractivity contribution < 1.29 is 24.0 Å². The largest absolute Gasteiger partial charge is 0.461 e. The average molecular weight is 468 g/mol. The van der Waals surface area contributed by atoms with E-state index in [2.05, 4.69) is 20.8 Å². The molecule has 1 aromatic rings. The molecule has 0 radical (unpaired) electrons. The Hall–Kier alpha value is -2.60. The number of allylic oxidation sites excluding steroid dienone is 1. The van der Waals surface area contributed by atoms with Gasteiger partial charge in [-0.05, 0) is 18.9 Å². The van der Waals surface area contributed by atoms with E-state index in [1.54, 1.807) is 11.1 Å². The van der Waals surface area contributed by atoms with Crippen molar-refractivity contribution in [1.82, 2.24) is 15.2 Å². The molecule has 0 spiro atoms. The Labute approximate surface area is 188 Å². The number of fused-ring (bicyclic) bond motifs is 1. The molecule has 0 saturated carbocycles. The highest BCUT2D eigenvalue weighted by Crippen LogP contribution is 2.40. The maximum Gasteiger partial charge on any atom is 0.302 e. The smallest absolute Gasteiger partial charge is 0.302 e. The van der Waals surface area contributed by atoms with Crippen LogP contribution in [0, 0.1) is 0 Å². The van der Waals surface area contributed by atoms with E-state index in [1.807, 2.05) is 13.8 Å². The third kappa shape index (κ3) is 5.01. The number of hydrogen-bond acceptors (Lipinski definition) is 10. The van der Waals surface area contributed by atoms with E-state index in [-0.39, 0.29) is 29.6 Å². The molecule has 168 valence electrons. The van der Waals surface area contributed by atoms with Gasteiger partial charge in [-0.3, -0.25) is 19.3 Å². The minimum Gasteiger partial charge on any atom is -0.461 e. The summed E-state index contributed by atoms with van der Waals surface area (Å²) in [5.41, 5.74) is 1.72. The lowest BCUT2D eigenvalue weighted by atomic mass is 10.0. The van der Waals surface area contributed by atoms with Crippen molar-refractivity contribution >= 4 is 51.7 Å². The van der Waals surface area contributed by atoms with Crippen LogP contribution in [0.4, 0.5) is 5.13 Å². The van der Waals surface area contributed by atoms with Gasteiger partial charge >= 0.3 is 5.97 Å². The minimum absolute atomic E-state index is 0.0689. The van der Waals surface area contributed by atoms with Gasteiger partial charge in [0.1, 0.15) is 25.1 Å². The van der Waals surface area contributed by atoms with Crippen LogP contribution in [-0.4, -0.2) is 70.8 Å². The quantitative estimate of drug-likeness (QED) is 0.243. The predicted molar refractivity (Wildman–Crippen MR) is 119 cm³/mol. The third-order valence-electron chi connectivity index (χ3n) is 4.74. The molecule has 10 nitrogen and oxygen atoms in total. The summed E-state index contributed by atoms with van der Waals surface area (Å²) >= 11 is 2.81. The fraction of sp³-hybridized carbons (Fsp3) is 0.526. The van der Waals surface area contributed by atoms with Gasteiger partial charge < -0.3 is 20.2 Å². The summed E-state index contributed by atoms with van der Waals surface area (Å²) in [7, 11) is 1.36. The summed E-state index contributed by atoms with van der Waals surface area (Å²) in [5, 5.41) is 10.3. The number of carbonyl (C=O) groups excluding carboxylic acids is 3. The predicted octanol–water partition coefficient (Wildman–Crippen LogP) is 1.55. The monoisotopic (exact) mass is 467 g/mol. The molecule has 2 amide bonds. The standard InChI is InChI=1S/C19H25N5O5S2/c1-5-6-20-19-21-7-13(31-19)14(23-28-4)16(26)22-15-17(27)24-10(2)12(8-29-11(3)25)9-30-18(15)24/h7,15,18H,5-6,8-9H2,1-4H3,(H,20,21)(H,22,26)/b23-14-. The topological polar surface area (TPSA) is 122 Å². The maximum atomic E-state index is 12.9. The molecule has 31 heavy (non-hydrogen) atoms. The number of rotatable bonds is 9. The molecule has 2 aliphatic heterocycles. The van der Waals surface area contributed by atoms with Crippen molar-refractivity contribution in [2.45, 2.75) is 38.6 Å². The highest BCUT2D eigenvalue weighted by molar-refractivity contribution is 8.00. The molecule has 3 rings (SSSR count). The fourth-order valence-corrected chi connectivity index (χ4v) is 5.39. The van der Waals surface area contributed by atoms with Crippen molar-refractivity contribution in [1.29, 1.82) is 0 Å². The number of aromatic nitrogens is 1. The first-order valence-electron chi connectivity index (χ1n) is 9.76. The molecule has 2 N–H and O–H groups in total. The van der Waals surface area contributed by atoms with Crippen LogP contribution in [0.25, 0.3) is 0 Å². The zero-order valence-corrected chi connectivity index (χ0v) is 19.4. The van der Waals surface area contributed by atoms with E-state index < -0.39 is 11.9 Å². The van der Waals surface area contributed by atoms with Gasteiger partial charge in [-0.25, -0.2) is 4.98 Å². The highest BCUT2D eigenvalue weighted by Gasteiger charge is 2.52. The number of amides is 2. The lowest BCUT2D eigenvalue weighted by Crippen LogP contribution is -2.70. The first-order chi connectivity index (χ1) is 14.9. The van der Waals surface area contributed by atoms with Crippen LogP contribution in [0.2, 0.25) is 0 Å². The van der Waals surface area contributed by atoms with Crippen LogP contribution in [0.1, 0.15) is 32.1 Å². The second-order valence-electron chi connectivity index (χ2n) is 6.91. The molecular formula is C19H25N5O5S2. The summed E-state index contributed by atoms with van der Waals surface area (Å²) in [5.74, 6) is -0.470. The third-order valence-corrected chi connectivity index (χ3v) is 7.05.